The summed E-state index contributed by atoms with van der Waals surface area (Å²) in [5.74, 6) is -0.504. The van der Waals surface area contributed by atoms with Crippen molar-refractivity contribution in [2.75, 3.05) is 0 Å². The van der Waals surface area contributed by atoms with Gasteiger partial charge in [0.15, 0.2) is 0 Å². The lowest BCUT2D eigenvalue weighted by molar-refractivity contribution is 0.0696. The molecule has 16 heavy (non-hydrogen) atoms. The lowest BCUT2D eigenvalue weighted by Crippen LogP contribution is -1.99. The summed E-state index contributed by atoms with van der Waals surface area (Å²) in [5, 5.41) is 17.7. The number of hydrogen-bond acceptors (Lipinski definition) is 3. The number of nitrogens with zero attached hydrogens (tertiary/aromatic N) is 1. The van der Waals surface area contributed by atoms with Crippen molar-refractivity contribution in [1.29, 1.82) is 5.26 Å². The zero-order valence-electron chi connectivity index (χ0n) is 8.18. The first-order chi connectivity index (χ1) is 7.72. The number of aromatic carboxylic acids is 1. The molecule has 0 aliphatic heterocycles. The summed E-state index contributed by atoms with van der Waals surface area (Å²) in [7, 11) is 0. The fraction of sp³-hybridized carbons (Fsp3) is 0. The highest BCUT2D eigenvalue weighted by atomic mass is 16.4. The molecule has 0 saturated heterocycles. The average molecular weight is 213 g/mol. The topological polar surface area (TPSA) is 74.2 Å². The van der Waals surface area contributed by atoms with E-state index in [1.165, 1.54) is 18.4 Å². The van der Waals surface area contributed by atoms with Crippen molar-refractivity contribution in [3.8, 4) is 17.4 Å². The first-order valence-electron chi connectivity index (χ1n) is 4.53. The highest BCUT2D eigenvalue weighted by Gasteiger charge is 2.11. The molecule has 4 heteroatoms. The number of carbonyl (C=O) groups is 1. The lowest BCUT2D eigenvalue weighted by atomic mass is 10.0. The van der Waals surface area contributed by atoms with Crippen LogP contribution in [-0.2, 0) is 0 Å². The Morgan fingerprint density at radius 2 is 2.19 bits per heavy atom. The molecule has 1 heterocycles. The van der Waals surface area contributed by atoms with Gasteiger partial charge in [-0.05, 0) is 24.3 Å². The molecule has 1 N–H and O–H groups in total. The molecule has 0 aliphatic rings. The van der Waals surface area contributed by atoms with Crippen molar-refractivity contribution < 1.29 is 14.3 Å². The van der Waals surface area contributed by atoms with Crippen molar-refractivity contribution in [3.05, 3.63) is 47.7 Å². The fourth-order valence-corrected chi connectivity index (χ4v) is 1.42. The number of hydrogen-bond donors (Lipinski definition) is 1. The lowest BCUT2D eigenvalue weighted by Gasteiger charge is -2.01. The van der Waals surface area contributed by atoms with Crippen LogP contribution in [0.25, 0.3) is 11.3 Å². The standard InChI is InChI=1S/C12H7NO3/c13-7-9-6-8(11-2-1-5-16-11)3-4-10(9)12(14)15/h1-6H,(H,14,15). The first-order valence-corrected chi connectivity index (χ1v) is 4.53. The van der Waals surface area contributed by atoms with Gasteiger partial charge in [-0.2, -0.15) is 5.26 Å². The summed E-state index contributed by atoms with van der Waals surface area (Å²) < 4.78 is 5.16. The van der Waals surface area contributed by atoms with Crippen LogP contribution in [0.1, 0.15) is 15.9 Å². The number of carboxylic acids is 1. The van der Waals surface area contributed by atoms with E-state index in [9.17, 15) is 4.79 Å². The van der Waals surface area contributed by atoms with Crippen LogP contribution in [0.3, 0.4) is 0 Å². The van der Waals surface area contributed by atoms with Gasteiger partial charge in [-0.3, -0.25) is 0 Å². The van der Waals surface area contributed by atoms with Crippen molar-refractivity contribution >= 4 is 5.97 Å². The highest BCUT2D eigenvalue weighted by molar-refractivity contribution is 5.91. The summed E-state index contributed by atoms with van der Waals surface area (Å²) in [5.41, 5.74) is 0.811. The maximum absolute atomic E-state index is 10.8. The van der Waals surface area contributed by atoms with Gasteiger partial charge < -0.3 is 9.52 Å². The van der Waals surface area contributed by atoms with E-state index in [0.29, 0.717) is 11.3 Å². The van der Waals surface area contributed by atoms with Crippen LogP contribution >= 0.6 is 0 Å². The zero-order valence-corrected chi connectivity index (χ0v) is 8.18. The second-order valence-corrected chi connectivity index (χ2v) is 3.15. The predicted molar refractivity (Wildman–Crippen MR) is 55.8 cm³/mol. The maximum atomic E-state index is 10.8. The SMILES string of the molecule is N#Cc1cc(-c2ccco2)ccc1C(=O)O. The second kappa shape index (κ2) is 3.91. The van der Waals surface area contributed by atoms with Crippen LogP contribution in [0.15, 0.2) is 41.0 Å². The van der Waals surface area contributed by atoms with Crippen LogP contribution < -0.4 is 0 Å². The van der Waals surface area contributed by atoms with Crippen LogP contribution in [-0.4, -0.2) is 11.1 Å². The first kappa shape index (κ1) is 9.99. The predicted octanol–water partition coefficient (Wildman–Crippen LogP) is 2.52. The van der Waals surface area contributed by atoms with E-state index in [4.69, 9.17) is 14.8 Å². The summed E-state index contributed by atoms with van der Waals surface area (Å²) in [4.78, 5) is 10.8. The van der Waals surface area contributed by atoms with E-state index >= 15 is 0 Å². The Bertz CT molecular complexity index is 564. The number of furan rings is 1. The summed E-state index contributed by atoms with van der Waals surface area (Å²) >= 11 is 0. The van der Waals surface area contributed by atoms with Crippen molar-refractivity contribution in [1.82, 2.24) is 0 Å². The van der Waals surface area contributed by atoms with E-state index in [-0.39, 0.29) is 11.1 Å². The molecular formula is C12H7NO3. The van der Waals surface area contributed by atoms with Gasteiger partial charge in [-0.15, -0.1) is 0 Å². The van der Waals surface area contributed by atoms with Gasteiger partial charge in [0.2, 0.25) is 0 Å². The Balaban J connectivity index is 2.54. The molecule has 2 aromatic rings. The van der Waals surface area contributed by atoms with Gasteiger partial charge in [0.1, 0.15) is 11.8 Å². The van der Waals surface area contributed by atoms with Gasteiger partial charge in [-0.25, -0.2) is 4.79 Å². The third-order valence-corrected chi connectivity index (χ3v) is 2.18. The van der Waals surface area contributed by atoms with E-state index in [0.717, 1.165) is 0 Å². The van der Waals surface area contributed by atoms with E-state index < -0.39 is 5.97 Å². The molecule has 78 valence electrons. The second-order valence-electron chi connectivity index (χ2n) is 3.15. The van der Waals surface area contributed by atoms with Crippen molar-refractivity contribution in [3.63, 3.8) is 0 Å². The number of nitriles is 1. The molecule has 0 atom stereocenters. The van der Waals surface area contributed by atoms with Crippen molar-refractivity contribution in [2.24, 2.45) is 0 Å². The van der Waals surface area contributed by atoms with Crippen LogP contribution in [0.2, 0.25) is 0 Å². The zero-order chi connectivity index (χ0) is 11.5. The number of benzene rings is 1. The third kappa shape index (κ3) is 1.66. The quantitative estimate of drug-likeness (QED) is 0.831. The molecule has 1 aromatic heterocycles. The molecule has 0 fully saturated rings. The Hall–Kier alpha value is -2.54. The minimum Gasteiger partial charge on any atom is -0.478 e. The summed E-state index contributed by atoms with van der Waals surface area (Å²) in [6, 6.07) is 9.85. The summed E-state index contributed by atoms with van der Waals surface area (Å²) in [6.07, 6.45) is 1.52. The Labute approximate surface area is 91.4 Å². The average Bonchev–Trinajstić information content (AvgIpc) is 2.81. The van der Waals surface area contributed by atoms with Crippen LogP contribution in [0.4, 0.5) is 0 Å². The fourth-order valence-electron chi connectivity index (χ4n) is 1.42. The summed E-state index contributed by atoms with van der Waals surface area (Å²) in [6.45, 7) is 0. The molecule has 0 unspecified atom stereocenters. The van der Waals surface area contributed by atoms with Crippen LogP contribution in [0, 0.1) is 11.3 Å². The van der Waals surface area contributed by atoms with Gasteiger partial charge in [0.05, 0.1) is 17.4 Å². The van der Waals surface area contributed by atoms with Gasteiger partial charge in [-0.1, -0.05) is 6.07 Å². The largest absolute Gasteiger partial charge is 0.478 e. The molecule has 1 aromatic carbocycles. The maximum Gasteiger partial charge on any atom is 0.337 e. The highest BCUT2D eigenvalue weighted by Crippen LogP contribution is 2.22. The smallest absolute Gasteiger partial charge is 0.337 e. The molecule has 2 rings (SSSR count). The Morgan fingerprint density at radius 3 is 2.75 bits per heavy atom. The normalized spacial score (nSPS) is 9.69. The molecule has 0 bridgehead atoms. The van der Waals surface area contributed by atoms with Crippen molar-refractivity contribution in [2.45, 2.75) is 0 Å². The molecule has 0 aliphatic carbocycles. The monoisotopic (exact) mass is 213 g/mol. The van der Waals surface area contributed by atoms with Gasteiger partial charge >= 0.3 is 5.97 Å². The minimum absolute atomic E-state index is 0.00203. The van der Waals surface area contributed by atoms with Gasteiger partial charge in [0.25, 0.3) is 0 Å². The number of rotatable bonds is 2. The molecule has 0 saturated carbocycles. The van der Waals surface area contributed by atoms with E-state index in [1.54, 1.807) is 18.2 Å². The molecule has 4 nitrogen and oxygen atoms in total. The molecular weight excluding hydrogens is 206 g/mol. The van der Waals surface area contributed by atoms with E-state index in [1.807, 2.05) is 6.07 Å². The Kier molecular flexibility index (Phi) is 2.44. The molecule has 0 radical (unpaired) electrons. The third-order valence-electron chi connectivity index (χ3n) is 2.18. The number of carboxylic acid groups (broad SMARTS) is 1. The van der Waals surface area contributed by atoms with Crippen LogP contribution in [0.5, 0.6) is 0 Å². The minimum atomic E-state index is -1.11. The Morgan fingerprint density at radius 1 is 1.38 bits per heavy atom. The molecule has 0 spiro atoms. The van der Waals surface area contributed by atoms with Gasteiger partial charge in [0, 0.05) is 5.56 Å². The molecule has 0 amide bonds. The van der Waals surface area contributed by atoms with E-state index in [2.05, 4.69) is 0 Å².